The summed E-state index contributed by atoms with van der Waals surface area (Å²) >= 11 is 0. The van der Waals surface area contributed by atoms with Crippen molar-refractivity contribution in [3.8, 4) is 0 Å². The number of hydrogen-bond acceptors (Lipinski definition) is 2. The van der Waals surface area contributed by atoms with Crippen LogP contribution in [-0.2, 0) is 4.79 Å². The zero-order valence-electron chi connectivity index (χ0n) is 15.6. The normalized spacial score (nSPS) is 17.6. The van der Waals surface area contributed by atoms with E-state index in [1.807, 2.05) is 49.1 Å². The highest BCUT2D eigenvalue weighted by Gasteiger charge is 2.28. The third kappa shape index (κ3) is 5.48. The highest BCUT2D eigenvalue weighted by atomic mass is 16.2. The number of nitrogens with zero attached hydrogens (tertiary/aromatic N) is 1. The van der Waals surface area contributed by atoms with Crippen molar-refractivity contribution in [2.75, 3.05) is 13.1 Å². The van der Waals surface area contributed by atoms with Gasteiger partial charge in [-0.1, -0.05) is 44.2 Å². The number of carbonyl (C=O) groups is 2. The maximum Gasteiger partial charge on any atom is 0.315 e. The fraction of sp³-hybridized carbons (Fsp3) is 0.600. The lowest BCUT2D eigenvalue weighted by Crippen LogP contribution is -2.51. The minimum Gasteiger partial charge on any atom is -0.342 e. The first-order valence-corrected chi connectivity index (χ1v) is 9.45. The van der Waals surface area contributed by atoms with Gasteiger partial charge in [0.2, 0.25) is 5.91 Å². The van der Waals surface area contributed by atoms with E-state index in [4.69, 9.17) is 0 Å². The highest BCUT2D eigenvalue weighted by molar-refractivity contribution is 5.83. The molecule has 1 aliphatic heterocycles. The van der Waals surface area contributed by atoms with E-state index in [0.29, 0.717) is 13.1 Å². The molecule has 1 heterocycles. The van der Waals surface area contributed by atoms with E-state index < -0.39 is 0 Å². The Bertz CT molecular complexity index is 553. The van der Waals surface area contributed by atoms with Gasteiger partial charge in [0.1, 0.15) is 0 Å². The number of hydrogen-bond donors (Lipinski definition) is 2. The molecule has 0 radical (unpaired) electrons. The summed E-state index contributed by atoms with van der Waals surface area (Å²) in [6.07, 6.45) is 3.34. The lowest BCUT2D eigenvalue weighted by atomic mass is 9.93. The molecular formula is C20H31N3O2. The van der Waals surface area contributed by atoms with Crippen LogP contribution >= 0.6 is 0 Å². The van der Waals surface area contributed by atoms with Gasteiger partial charge in [0.25, 0.3) is 0 Å². The van der Waals surface area contributed by atoms with E-state index in [0.717, 1.165) is 31.2 Å². The number of rotatable bonds is 6. The summed E-state index contributed by atoms with van der Waals surface area (Å²) in [6, 6.07) is 10.2. The molecule has 1 aliphatic rings. The summed E-state index contributed by atoms with van der Waals surface area (Å²) in [5.74, 6) is 0.135. The second kappa shape index (κ2) is 9.44. The Morgan fingerprint density at radius 1 is 1.12 bits per heavy atom. The molecule has 2 rings (SSSR count). The largest absolute Gasteiger partial charge is 0.342 e. The Balaban J connectivity index is 1.84. The topological polar surface area (TPSA) is 61.4 Å². The number of urea groups is 1. The van der Waals surface area contributed by atoms with Gasteiger partial charge >= 0.3 is 6.03 Å². The maximum absolute atomic E-state index is 12.9. The van der Waals surface area contributed by atoms with Crippen LogP contribution < -0.4 is 10.6 Å². The predicted octanol–water partition coefficient (Wildman–Crippen LogP) is 3.27. The third-order valence-corrected chi connectivity index (χ3v) is 5.04. The molecule has 5 nitrogen and oxygen atoms in total. The van der Waals surface area contributed by atoms with Crippen LogP contribution in [0.3, 0.4) is 0 Å². The van der Waals surface area contributed by atoms with Crippen LogP contribution in [0.25, 0.3) is 0 Å². The Morgan fingerprint density at radius 2 is 1.76 bits per heavy atom. The summed E-state index contributed by atoms with van der Waals surface area (Å²) in [7, 11) is 0. The van der Waals surface area contributed by atoms with E-state index >= 15 is 0 Å². The zero-order chi connectivity index (χ0) is 18.2. The molecular weight excluding hydrogens is 314 g/mol. The van der Waals surface area contributed by atoms with E-state index in [1.54, 1.807) is 0 Å². The smallest absolute Gasteiger partial charge is 0.315 e. The van der Waals surface area contributed by atoms with Gasteiger partial charge in [-0.05, 0) is 38.2 Å². The molecule has 2 atom stereocenters. The second-order valence-electron chi connectivity index (χ2n) is 6.90. The summed E-state index contributed by atoms with van der Waals surface area (Å²) in [4.78, 5) is 26.8. The van der Waals surface area contributed by atoms with Crippen LogP contribution in [0.4, 0.5) is 4.79 Å². The average Bonchev–Trinajstić information content (AvgIpc) is 2.63. The molecule has 1 aromatic carbocycles. The van der Waals surface area contributed by atoms with Crippen LogP contribution in [0.1, 0.15) is 57.9 Å². The molecule has 0 aromatic heterocycles. The van der Waals surface area contributed by atoms with E-state index in [9.17, 15) is 9.59 Å². The van der Waals surface area contributed by atoms with Crippen LogP contribution in [0.5, 0.6) is 0 Å². The quantitative estimate of drug-likeness (QED) is 0.831. The Morgan fingerprint density at radius 3 is 2.32 bits per heavy atom. The molecule has 1 aromatic rings. The van der Waals surface area contributed by atoms with E-state index in [2.05, 4.69) is 17.6 Å². The SMILES string of the molecule is CC[C@@H](C)NC(=O)NC1CCN(C(=O)[C@@H](CC)c2ccccc2)CC1. The zero-order valence-corrected chi connectivity index (χ0v) is 15.6. The first-order chi connectivity index (χ1) is 12.0. The molecule has 0 aliphatic carbocycles. The minimum atomic E-state index is -0.102. The molecule has 0 saturated carbocycles. The van der Waals surface area contributed by atoms with Crippen LogP contribution in [0.15, 0.2) is 30.3 Å². The fourth-order valence-corrected chi connectivity index (χ4v) is 3.26. The van der Waals surface area contributed by atoms with Gasteiger partial charge in [0, 0.05) is 25.2 Å². The van der Waals surface area contributed by atoms with Crippen molar-refractivity contribution in [1.29, 1.82) is 0 Å². The molecule has 0 bridgehead atoms. The van der Waals surface area contributed by atoms with Gasteiger partial charge in [-0.15, -0.1) is 0 Å². The summed E-state index contributed by atoms with van der Waals surface area (Å²) in [6.45, 7) is 7.51. The van der Waals surface area contributed by atoms with Crippen LogP contribution in [-0.4, -0.2) is 42.0 Å². The van der Waals surface area contributed by atoms with Crippen molar-refractivity contribution >= 4 is 11.9 Å². The highest BCUT2D eigenvalue weighted by Crippen LogP contribution is 2.24. The fourth-order valence-electron chi connectivity index (χ4n) is 3.26. The summed E-state index contributed by atoms with van der Waals surface area (Å²) in [5, 5.41) is 5.96. The summed E-state index contributed by atoms with van der Waals surface area (Å²) < 4.78 is 0. The van der Waals surface area contributed by atoms with Crippen LogP contribution in [0, 0.1) is 0 Å². The molecule has 25 heavy (non-hydrogen) atoms. The Kier molecular flexibility index (Phi) is 7.29. The number of carbonyl (C=O) groups excluding carboxylic acids is 2. The van der Waals surface area contributed by atoms with Gasteiger partial charge in [-0.25, -0.2) is 4.79 Å². The number of nitrogens with one attached hydrogen (secondary N) is 2. The van der Waals surface area contributed by atoms with Crippen molar-refractivity contribution < 1.29 is 9.59 Å². The lowest BCUT2D eigenvalue weighted by molar-refractivity contribution is -0.134. The molecule has 0 unspecified atom stereocenters. The van der Waals surface area contributed by atoms with Crippen molar-refractivity contribution in [2.45, 2.75) is 64.5 Å². The van der Waals surface area contributed by atoms with E-state index in [1.165, 1.54) is 0 Å². The molecule has 138 valence electrons. The monoisotopic (exact) mass is 345 g/mol. The number of piperidine rings is 1. The third-order valence-electron chi connectivity index (χ3n) is 5.04. The van der Waals surface area contributed by atoms with Crippen molar-refractivity contribution in [3.05, 3.63) is 35.9 Å². The van der Waals surface area contributed by atoms with Crippen molar-refractivity contribution in [1.82, 2.24) is 15.5 Å². The predicted molar refractivity (Wildman–Crippen MR) is 100 cm³/mol. The molecule has 1 fully saturated rings. The van der Waals surface area contributed by atoms with Crippen molar-refractivity contribution in [2.24, 2.45) is 0 Å². The minimum absolute atomic E-state index is 0.0700. The standard InChI is InChI=1S/C20H31N3O2/c1-4-15(3)21-20(25)22-17-11-13-23(14-12-17)19(24)18(5-2)16-9-7-6-8-10-16/h6-10,15,17-18H,4-5,11-14H2,1-3H3,(H2,21,22,25)/t15-,18+/m1/s1. The van der Waals surface area contributed by atoms with Crippen molar-refractivity contribution in [3.63, 3.8) is 0 Å². The molecule has 2 N–H and O–H groups in total. The number of likely N-dealkylation sites (tertiary alicyclic amines) is 1. The average molecular weight is 345 g/mol. The Labute approximate surface area is 151 Å². The van der Waals surface area contributed by atoms with Gasteiger partial charge in [0.05, 0.1) is 5.92 Å². The van der Waals surface area contributed by atoms with Gasteiger partial charge in [-0.2, -0.15) is 0 Å². The second-order valence-corrected chi connectivity index (χ2v) is 6.90. The molecule has 3 amide bonds. The van der Waals surface area contributed by atoms with Crippen LogP contribution in [0.2, 0.25) is 0 Å². The molecule has 0 spiro atoms. The Hall–Kier alpha value is -2.04. The molecule has 1 saturated heterocycles. The van der Waals surface area contributed by atoms with Gasteiger partial charge < -0.3 is 15.5 Å². The summed E-state index contributed by atoms with van der Waals surface area (Å²) in [5.41, 5.74) is 1.09. The first kappa shape index (κ1) is 19.3. The number of benzene rings is 1. The van der Waals surface area contributed by atoms with E-state index in [-0.39, 0.29) is 29.9 Å². The molecule has 5 heteroatoms. The lowest BCUT2D eigenvalue weighted by Gasteiger charge is -2.34. The number of amides is 3. The van der Waals surface area contributed by atoms with Gasteiger partial charge in [-0.3, -0.25) is 4.79 Å². The first-order valence-electron chi connectivity index (χ1n) is 9.45. The van der Waals surface area contributed by atoms with Gasteiger partial charge in [0.15, 0.2) is 0 Å². The maximum atomic E-state index is 12.9.